The van der Waals surface area contributed by atoms with Crippen LogP contribution in [0.1, 0.15) is 29.8 Å². The first-order chi connectivity index (χ1) is 11.5. The largest absolute Gasteiger partial charge is 0.393 e. The molecular weight excluding hydrogens is 304 g/mol. The molecule has 0 radical (unpaired) electrons. The van der Waals surface area contributed by atoms with Crippen LogP contribution < -0.4 is 5.32 Å². The van der Waals surface area contributed by atoms with Gasteiger partial charge in [-0.15, -0.1) is 0 Å². The van der Waals surface area contributed by atoms with Crippen LogP contribution in [0.5, 0.6) is 0 Å². The molecule has 1 saturated carbocycles. The number of hydrogen-bond donors (Lipinski definition) is 2. The SMILES string of the molecule is Cc1ncn(CC(=O)N[C@@H](Cc2ccncc2)C2CC(O)C2)c1C. The average molecular weight is 328 g/mol. The van der Waals surface area contributed by atoms with E-state index in [9.17, 15) is 9.90 Å². The summed E-state index contributed by atoms with van der Waals surface area (Å²) in [6.07, 6.45) is 7.26. The number of nitrogens with zero attached hydrogens (tertiary/aromatic N) is 3. The molecule has 2 aromatic rings. The summed E-state index contributed by atoms with van der Waals surface area (Å²) in [7, 11) is 0. The van der Waals surface area contributed by atoms with E-state index in [0.29, 0.717) is 5.92 Å². The van der Waals surface area contributed by atoms with Crippen molar-refractivity contribution in [2.24, 2.45) is 5.92 Å². The number of pyridine rings is 1. The molecule has 3 rings (SSSR count). The van der Waals surface area contributed by atoms with Crippen molar-refractivity contribution in [1.82, 2.24) is 19.9 Å². The molecule has 1 aliphatic carbocycles. The molecule has 1 aliphatic rings. The van der Waals surface area contributed by atoms with Gasteiger partial charge in [0.05, 0.1) is 18.1 Å². The zero-order valence-electron chi connectivity index (χ0n) is 14.1. The van der Waals surface area contributed by atoms with Gasteiger partial charge in [0, 0.05) is 24.1 Å². The summed E-state index contributed by atoms with van der Waals surface area (Å²) in [6.45, 7) is 4.17. The minimum Gasteiger partial charge on any atom is -0.393 e. The molecule has 2 heterocycles. The van der Waals surface area contributed by atoms with Crippen LogP contribution in [0.4, 0.5) is 0 Å². The molecule has 1 amide bonds. The van der Waals surface area contributed by atoms with Crippen LogP contribution in [-0.4, -0.2) is 37.7 Å². The van der Waals surface area contributed by atoms with Crippen LogP contribution in [0.25, 0.3) is 0 Å². The lowest BCUT2D eigenvalue weighted by Gasteiger charge is -2.38. The lowest BCUT2D eigenvalue weighted by atomic mass is 9.75. The fourth-order valence-corrected chi connectivity index (χ4v) is 3.18. The Morgan fingerprint density at radius 1 is 1.38 bits per heavy atom. The number of hydrogen-bond acceptors (Lipinski definition) is 4. The van der Waals surface area contributed by atoms with Crippen molar-refractivity contribution in [3.8, 4) is 0 Å². The first-order valence-corrected chi connectivity index (χ1v) is 8.37. The molecule has 0 spiro atoms. The summed E-state index contributed by atoms with van der Waals surface area (Å²) in [5, 5.41) is 12.8. The van der Waals surface area contributed by atoms with Gasteiger partial charge in [-0.1, -0.05) is 0 Å². The number of carbonyl (C=O) groups is 1. The molecule has 128 valence electrons. The van der Waals surface area contributed by atoms with E-state index < -0.39 is 0 Å². The van der Waals surface area contributed by atoms with Gasteiger partial charge in [0.15, 0.2) is 0 Å². The number of imidazole rings is 1. The van der Waals surface area contributed by atoms with Gasteiger partial charge in [-0.05, 0) is 56.7 Å². The first kappa shape index (κ1) is 16.6. The van der Waals surface area contributed by atoms with Gasteiger partial charge < -0.3 is 15.0 Å². The van der Waals surface area contributed by atoms with E-state index in [0.717, 1.165) is 36.2 Å². The summed E-state index contributed by atoms with van der Waals surface area (Å²) < 4.78 is 1.86. The second-order valence-corrected chi connectivity index (χ2v) is 6.66. The highest BCUT2D eigenvalue weighted by atomic mass is 16.3. The molecule has 1 fully saturated rings. The van der Waals surface area contributed by atoms with Gasteiger partial charge in [0.1, 0.15) is 6.54 Å². The Balaban J connectivity index is 1.64. The molecule has 6 heteroatoms. The Kier molecular flexibility index (Phi) is 4.94. The molecule has 6 nitrogen and oxygen atoms in total. The lowest BCUT2D eigenvalue weighted by Crippen LogP contribution is -2.49. The Bertz CT molecular complexity index is 692. The molecule has 1 atom stereocenters. The summed E-state index contributed by atoms with van der Waals surface area (Å²) >= 11 is 0. The van der Waals surface area contributed by atoms with Crippen LogP contribution in [0.2, 0.25) is 0 Å². The second-order valence-electron chi connectivity index (χ2n) is 6.66. The molecule has 2 aromatic heterocycles. The van der Waals surface area contributed by atoms with Crippen molar-refractivity contribution >= 4 is 5.91 Å². The van der Waals surface area contributed by atoms with Gasteiger partial charge in [-0.2, -0.15) is 0 Å². The Morgan fingerprint density at radius 3 is 2.67 bits per heavy atom. The molecule has 2 N–H and O–H groups in total. The zero-order chi connectivity index (χ0) is 17.1. The number of carbonyl (C=O) groups excluding carboxylic acids is 1. The monoisotopic (exact) mass is 328 g/mol. The van der Waals surface area contributed by atoms with Crippen LogP contribution in [0.15, 0.2) is 30.9 Å². The van der Waals surface area contributed by atoms with Crippen molar-refractivity contribution in [3.05, 3.63) is 47.8 Å². The number of aliphatic hydroxyl groups is 1. The minimum atomic E-state index is -0.231. The van der Waals surface area contributed by atoms with E-state index in [4.69, 9.17) is 0 Å². The highest BCUT2D eigenvalue weighted by Gasteiger charge is 2.34. The second kappa shape index (κ2) is 7.13. The van der Waals surface area contributed by atoms with Gasteiger partial charge in [0.25, 0.3) is 0 Å². The maximum atomic E-state index is 12.5. The van der Waals surface area contributed by atoms with Crippen LogP contribution in [0.3, 0.4) is 0 Å². The van der Waals surface area contributed by atoms with E-state index in [2.05, 4.69) is 15.3 Å². The number of aromatic nitrogens is 3. The van der Waals surface area contributed by atoms with Crippen molar-refractivity contribution in [2.45, 2.75) is 51.8 Å². The normalized spacial score (nSPS) is 21.1. The number of rotatable bonds is 6. The first-order valence-electron chi connectivity index (χ1n) is 8.37. The maximum absolute atomic E-state index is 12.5. The van der Waals surface area contributed by atoms with Crippen LogP contribution >= 0.6 is 0 Å². The number of aryl methyl sites for hydroxylation is 1. The Hall–Kier alpha value is -2.21. The quantitative estimate of drug-likeness (QED) is 0.840. The maximum Gasteiger partial charge on any atom is 0.240 e. The van der Waals surface area contributed by atoms with Gasteiger partial charge >= 0.3 is 0 Å². The van der Waals surface area contributed by atoms with Crippen molar-refractivity contribution in [3.63, 3.8) is 0 Å². The molecule has 0 bridgehead atoms. The molecule has 0 aromatic carbocycles. The lowest BCUT2D eigenvalue weighted by molar-refractivity contribution is -0.123. The predicted octanol–water partition coefficient (Wildman–Crippen LogP) is 1.39. The molecule has 0 aliphatic heterocycles. The number of nitrogens with one attached hydrogen (secondary N) is 1. The molecular formula is C18H24N4O2. The number of aliphatic hydroxyl groups excluding tert-OH is 1. The fraction of sp³-hybridized carbons (Fsp3) is 0.500. The third-order valence-electron chi connectivity index (χ3n) is 4.93. The highest BCUT2D eigenvalue weighted by Crippen LogP contribution is 2.31. The molecule has 0 saturated heterocycles. The molecule has 24 heavy (non-hydrogen) atoms. The van der Waals surface area contributed by atoms with E-state index in [-0.39, 0.29) is 24.6 Å². The topological polar surface area (TPSA) is 80.0 Å². The summed E-state index contributed by atoms with van der Waals surface area (Å²) in [4.78, 5) is 20.7. The number of amides is 1. The zero-order valence-corrected chi connectivity index (χ0v) is 14.1. The van der Waals surface area contributed by atoms with E-state index >= 15 is 0 Å². The summed E-state index contributed by atoms with van der Waals surface area (Å²) in [5.74, 6) is 0.304. The van der Waals surface area contributed by atoms with Gasteiger partial charge in [-0.3, -0.25) is 9.78 Å². The van der Waals surface area contributed by atoms with Gasteiger partial charge in [0.2, 0.25) is 5.91 Å². The minimum absolute atomic E-state index is 0.0176. The van der Waals surface area contributed by atoms with Crippen molar-refractivity contribution < 1.29 is 9.90 Å². The fourth-order valence-electron chi connectivity index (χ4n) is 3.18. The van der Waals surface area contributed by atoms with E-state index in [1.807, 2.05) is 30.5 Å². The highest BCUT2D eigenvalue weighted by molar-refractivity contribution is 5.76. The van der Waals surface area contributed by atoms with E-state index in [1.54, 1.807) is 18.7 Å². The third kappa shape index (κ3) is 3.82. The Labute approximate surface area is 141 Å². The standard InChI is InChI=1S/C18H24N4O2/c1-12-13(2)22(11-20-12)10-18(24)21-17(15-8-16(23)9-15)7-14-3-5-19-6-4-14/h3-6,11,15-17,23H,7-10H2,1-2H3,(H,21,24)/t15?,16?,17-/m0/s1. The Morgan fingerprint density at radius 2 is 2.08 bits per heavy atom. The predicted molar refractivity (Wildman–Crippen MR) is 90.3 cm³/mol. The molecule has 0 unspecified atom stereocenters. The van der Waals surface area contributed by atoms with Crippen molar-refractivity contribution in [1.29, 1.82) is 0 Å². The summed E-state index contributed by atoms with van der Waals surface area (Å²) in [5.41, 5.74) is 3.10. The van der Waals surface area contributed by atoms with Crippen LogP contribution in [-0.2, 0) is 17.8 Å². The van der Waals surface area contributed by atoms with Crippen molar-refractivity contribution in [2.75, 3.05) is 0 Å². The average Bonchev–Trinajstić information content (AvgIpc) is 2.84. The van der Waals surface area contributed by atoms with E-state index in [1.165, 1.54) is 0 Å². The van der Waals surface area contributed by atoms with Gasteiger partial charge in [-0.25, -0.2) is 4.98 Å². The van der Waals surface area contributed by atoms with Crippen LogP contribution in [0, 0.1) is 19.8 Å². The third-order valence-corrected chi connectivity index (χ3v) is 4.93. The summed E-state index contributed by atoms with van der Waals surface area (Å²) in [6, 6.07) is 3.98. The smallest absolute Gasteiger partial charge is 0.240 e.